The lowest BCUT2D eigenvalue weighted by molar-refractivity contribution is -0.141. The van der Waals surface area contributed by atoms with E-state index in [1.165, 1.54) is 9.13 Å². The van der Waals surface area contributed by atoms with Gasteiger partial charge in [0.1, 0.15) is 0 Å². The monoisotopic (exact) mass is 347 g/mol. The Bertz CT molecular complexity index is 364. The summed E-state index contributed by atoms with van der Waals surface area (Å²) in [5.41, 5.74) is 1.23. The van der Waals surface area contributed by atoms with Crippen molar-refractivity contribution in [3.63, 3.8) is 0 Å². The molecule has 0 saturated heterocycles. The molecule has 1 unspecified atom stereocenters. The maximum Gasteiger partial charge on any atom is 0.307 e. The summed E-state index contributed by atoms with van der Waals surface area (Å²) in [4.78, 5) is 13.0. The maximum atomic E-state index is 10.8. The Morgan fingerprint density at radius 2 is 2.00 bits per heavy atom. The summed E-state index contributed by atoms with van der Waals surface area (Å²) in [7, 11) is 0. The molecule has 1 rings (SSSR count). The van der Waals surface area contributed by atoms with E-state index < -0.39 is 5.97 Å². The molecule has 0 aromatic heterocycles. The third kappa shape index (κ3) is 5.04. The molecule has 0 spiro atoms. The minimum Gasteiger partial charge on any atom is -0.481 e. The van der Waals surface area contributed by atoms with Crippen molar-refractivity contribution >= 4 is 28.6 Å². The number of halogens is 1. The number of hydrogen-bond acceptors (Lipinski definition) is 2. The lowest BCUT2D eigenvalue weighted by atomic mass is 10.1. The van der Waals surface area contributed by atoms with Crippen molar-refractivity contribution < 1.29 is 9.90 Å². The van der Waals surface area contributed by atoms with E-state index in [-0.39, 0.29) is 5.92 Å². The molecule has 17 heavy (non-hydrogen) atoms. The summed E-state index contributed by atoms with van der Waals surface area (Å²) >= 11 is 2.28. The van der Waals surface area contributed by atoms with Gasteiger partial charge in [-0.2, -0.15) is 0 Å². The number of rotatable bonds is 6. The topological polar surface area (TPSA) is 40.5 Å². The average molecular weight is 347 g/mol. The number of nitrogens with zero attached hydrogens (tertiary/aromatic N) is 1. The first kappa shape index (κ1) is 14.4. The molecular formula is C13H18INO2. The third-order valence-corrected chi connectivity index (χ3v) is 3.44. The van der Waals surface area contributed by atoms with Gasteiger partial charge in [-0.25, -0.2) is 0 Å². The Balaban J connectivity index is 2.57. The lowest BCUT2D eigenvalue weighted by Gasteiger charge is -2.22. The molecule has 0 fully saturated rings. The summed E-state index contributed by atoms with van der Waals surface area (Å²) < 4.78 is 1.22. The molecule has 0 amide bonds. The van der Waals surface area contributed by atoms with Crippen molar-refractivity contribution in [3.8, 4) is 0 Å². The Labute approximate surface area is 116 Å². The molecule has 1 atom stereocenters. The van der Waals surface area contributed by atoms with Crippen LogP contribution < -0.4 is 0 Å². The smallest absolute Gasteiger partial charge is 0.307 e. The van der Waals surface area contributed by atoms with Crippen molar-refractivity contribution in [3.05, 3.63) is 33.4 Å². The van der Waals surface area contributed by atoms with Crippen molar-refractivity contribution in [2.24, 2.45) is 5.92 Å². The van der Waals surface area contributed by atoms with E-state index in [1.807, 2.05) is 0 Å². The fourth-order valence-electron chi connectivity index (χ4n) is 1.62. The zero-order valence-corrected chi connectivity index (χ0v) is 12.3. The SMILES string of the molecule is CCN(Cc1ccc(I)cc1)CC(C)C(=O)O. The molecule has 0 saturated carbocycles. The second kappa shape index (κ2) is 6.96. The summed E-state index contributed by atoms with van der Waals surface area (Å²) in [5.74, 6) is -1.05. The molecule has 0 heterocycles. The number of carboxylic acids is 1. The Morgan fingerprint density at radius 1 is 1.41 bits per heavy atom. The van der Waals surface area contributed by atoms with Crippen LogP contribution in [0.3, 0.4) is 0 Å². The van der Waals surface area contributed by atoms with Crippen LogP contribution >= 0.6 is 22.6 Å². The average Bonchev–Trinajstić information content (AvgIpc) is 2.30. The van der Waals surface area contributed by atoms with Gasteiger partial charge in [0.25, 0.3) is 0 Å². The highest BCUT2D eigenvalue weighted by molar-refractivity contribution is 14.1. The second-order valence-corrected chi connectivity index (χ2v) is 5.44. The van der Waals surface area contributed by atoms with Gasteiger partial charge in [0.15, 0.2) is 0 Å². The third-order valence-electron chi connectivity index (χ3n) is 2.72. The Kier molecular flexibility index (Phi) is 5.91. The minimum absolute atomic E-state index is 0.321. The highest BCUT2D eigenvalue weighted by Gasteiger charge is 2.15. The molecule has 1 aromatic carbocycles. The number of carbonyl (C=O) groups is 1. The van der Waals surface area contributed by atoms with Crippen LogP contribution in [0.25, 0.3) is 0 Å². The highest BCUT2D eigenvalue weighted by atomic mass is 127. The summed E-state index contributed by atoms with van der Waals surface area (Å²) in [6, 6.07) is 8.33. The molecular weight excluding hydrogens is 329 g/mol. The van der Waals surface area contributed by atoms with Crippen LogP contribution in [0.4, 0.5) is 0 Å². The van der Waals surface area contributed by atoms with E-state index in [9.17, 15) is 4.79 Å². The number of carboxylic acid groups (broad SMARTS) is 1. The van der Waals surface area contributed by atoms with Crippen molar-refractivity contribution in [1.82, 2.24) is 4.90 Å². The van der Waals surface area contributed by atoms with Gasteiger partial charge in [0.2, 0.25) is 0 Å². The molecule has 0 aliphatic heterocycles. The van der Waals surface area contributed by atoms with Crippen LogP contribution in [0.15, 0.2) is 24.3 Å². The minimum atomic E-state index is -0.730. The Hall–Kier alpha value is -0.620. The van der Waals surface area contributed by atoms with E-state index in [0.717, 1.165) is 13.1 Å². The van der Waals surface area contributed by atoms with Crippen LogP contribution in [0, 0.1) is 9.49 Å². The molecule has 4 heteroatoms. The van der Waals surface area contributed by atoms with Gasteiger partial charge in [-0.1, -0.05) is 26.0 Å². The zero-order valence-electron chi connectivity index (χ0n) is 10.2. The van der Waals surface area contributed by atoms with Crippen LogP contribution in [0.1, 0.15) is 19.4 Å². The van der Waals surface area contributed by atoms with Gasteiger partial charge >= 0.3 is 5.97 Å². The normalized spacial score (nSPS) is 12.7. The van der Waals surface area contributed by atoms with Gasteiger partial charge in [0, 0.05) is 16.7 Å². The fraction of sp³-hybridized carbons (Fsp3) is 0.462. The molecule has 94 valence electrons. The van der Waals surface area contributed by atoms with E-state index >= 15 is 0 Å². The Morgan fingerprint density at radius 3 is 2.47 bits per heavy atom. The van der Waals surface area contributed by atoms with Crippen LogP contribution in [-0.2, 0) is 11.3 Å². The summed E-state index contributed by atoms with van der Waals surface area (Å²) in [6.45, 7) is 6.08. The van der Waals surface area contributed by atoms with Crippen molar-refractivity contribution in [2.75, 3.05) is 13.1 Å². The molecule has 0 bridgehead atoms. The highest BCUT2D eigenvalue weighted by Crippen LogP contribution is 2.10. The maximum absolute atomic E-state index is 10.8. The first-order valence-corrected chi connectivity index (χ1v) is 6.80. The second-order valence-electron chi connectivity index (χ2n) is 4.19. The fourth-order valence-corrected chi connectivity index (χ4v) is 1.98. The molecule has 0 aliphatic carbocycles. The van der Waals surface area contributed by atoms with Crippen LogP contribution in [0.2, 0.25) is 0 Å². The molecule has 3 nitrogen and oxygen atoms in total. The first-order valence-electron chi connectivity index (χ1n) is 5.72. The zero-order chi connectivity index (χ0) is 12.8. The number of aliphatic carboxylic acids is 1. The van der Waals surface area contributed by atoms with Crippen LogP contribution in [0.5, 0.6) is 0 Å². The van der Waals surface area contributed by atoms with Gasteiger partial charge in [-0.3, -0.25) is 9.69 Å². The van der Waals surface area contributed by atoms with Gasteiger partial charge < -0.3 is 5.11 Å². The molecule has 1 N–H and O–H groups in total. The van der Waals surface area contributed by atoms with E-state index in [1.54, 1.807) is 6.92 Å². The van der Waals surface area contributed by atoms with Crippen LogP contribution in [-0.4, -0.2) is 29.1 Å². The molecule has 0 aliphatic rings. The molecule has 0 radical (unpaired) electrons. The predicted molar refractivity (Wildman–Crippen MR) is 76.9 cm³/mol. The summed E-state index contributed by atoms with van der Waals surface area (Å²) in [6.07, 6.45) is 0. The number of benzene rings is 1. The summed E-state index contributed by atoms with van der Waals surface area (Å²) in [5, 5.41) is 8.90. The number of hydrogen-bond donors (Lipinski definition) is 1. The van der Waals surface area contributed by atoms with Gasteiger partial charge in [0.05, 0.1) is 5.92 Å². The molecule has 1 aromatic rings. The van der Waals surface area contributed by atoms with Crippen molar-refractivity contribution in [1.29, 1.82) is 0 Å². The van der Waals surface area contributed by atoms with E-state index in [0.29, 0.717) is 6.54 Å². The largest absolute Gasteiger partial charge is 0.481 e. The van der Waals surface area contributed by atoms with Crippen molar-refractivity contribution in [2.45, 2.75) is 20.4 Å². The van der Waals surface area contributed by atoms with E-state index in [2.05, 4.69) is 58.7 Å². The standard InChI is InChI=1S/C13H18INO2/c1-3-15(8-10(2)13(16)17)9-11-4-6-12(14)7-5-11/h4-7,10H,3,8-9H2,1-2H3,(H,16,17). The van der Waals surface area contributed by atoms with E-state index in [4.69, 9.17) is 5.11 Å². The quantitative estimate of drug-likeness (QED) is 0.805. The van der Waals surface area contributed by atoms with Gasteiger partial charge in [-0.05, 0) is 46.8 Å². The first-order chi connectivity index (χ1) is 8.02. The predicted octanol–water partition coefficient (Wildman–Crippen LogP) is 2.83. The lowest BCUT2D eigenvalue weighted by Crippen LogP contribution is -2.31. The van der Waals surface area contributed by atoms with Gasteiger partial charge in [-0.15, -0.1) is 0 Å².